The van der Waals surface area contributed by atoms with Crippen LogP contribution in [0.15, 0.2) is 0 Å². The average molecular weight is 1470 g/mol. The summed E-state index contributed by atoms with van der Waals surface area (Å²) in [7, 11) is -9.92. The molecule has 17 nitrogen and oxygen atoms in total. The van der Waals surface area contributed by atoms with Crippen molar-refractivity contribution in [3.05, 3.63) is 0 Å². The molecule has 0 aromatic rings. The third-order valence-corrected chi connectivity index (χ3v) is 21.1. The number of aliphatic hydroxyl groups excluding tert-OH is 1. The van der Waals surface area contributed by atoms with E-state index >= 15 is 0 Å². The zero-order chi connectivity index (χ0) is 73.7. The van der Waals surface area contributed by atoms with Crippen molar-refractivity contribution in [1.29, 1.82) is 0 Å². The smallest absolute Gasteiger partial charge is 0.462 e. The van der Waals surface area contributed by atoms with E-state index in [9.17, 15) is 43.2 Å². The molecular formula is C81H158O17P2. The largest absolute Gasteiger partial charge is 0.472 e. The highest BCUT2D eigenvalue weighted by atomic mass is 31.2. The zero-order valence-corrected chi connectivity index (χ0v) is 67.5. The molecule has 0 aliphatic carbocycles. The number of carbonyl (C=O) groups is 4. The average Bonchev–Trinajstić information content (AvgIpc) is 1.07. The van der Waals surface area contributed by atoms with Gasteiger partial charge in [0.2, 0.25) is 0 Å². The second-order valence-electron chi connectivity index (χ2n) is 30.4. The standard InChI is InChI=1S/C81H158O17P2/c1-8-10-11-12-13-14-15-16-17-18-19-20-21-22-23-24-27-34-43-50-57-64-80(85)97-76(68-91-78(83)62-55-48-41-33-28-25-26-31-38-45-52-59-72(3)4)70-95-99(87,88)93-66-75(82)67-94-100(89,90)96-71-77(69-92-79(84)63-56-49-42-37-36-39-46-53-60-73(5)6)98-81(86)65-58-51-44-35-30-29-32-40-47-54-61-74(7)9-2/h72-77,82H,8-71H2,1-7H3,(H,87,88)(H,89,90)/t74?,75-,76-,77-/m1/s1. The van der Waals surface area contributed by atoms with Crippen LogP contribution in [-0.4, -0.2) is 96.7 Å². The summed E-state index contributed by atoms with van der Waals surface area (Å²) in [5.41, 5.74) is 0. The van der Waals surface area contributed by atoms with E-state index in [1.54, 1.807) is 0 Å². The molecule has 0 amide bonds. The molecule has 0 rings (SSSR count). The quantitative estimate of drug-likeness (QED) is 0.0222. The van der Waals surface area contributed by atoms with Crippen LogP contribution in [0.25, 0.3) is 0 Å². The Morgan fingerprint density at radius 1 is 0.290 bits per heavy atom. The summed E-state index contributed by atoms with van der Waals surface area (Å²) in [6.07, 6.45) is 59.7. The Bertz CT molecular complexity index is 1940. The summed E-state index contributed by atoms with van der Waals surface area (Å²) >= 11 is 0. The third kappa shape index (κ3) is 73.0. The SMILES string of the molecule is CCCCCCCCCCCCCCCCCCCCCCCC(=O)O[C@H](COC(=O)CCCCCCCCCCCCCC(C)C)COP(=O)(O)OC[C@@H](O)COP(=O)(O)OC[C@@H](COC(=O)CCCCCCCCCCC(C)C)OC(=O)CCCCCCCCCCCCC(C)CC. The number of esters is 4. The summed E-state index contributed by atoms with van der Waals surface area (Å²) in [5.74, 6) is 0.187. The topological polar surface area (TPSA) is 237 Å². The molecule has 0 saturated carbocycles. The van der Waals surface area contributed by atoms with Gasteiger partial charge in [0.15, 0.2) is 12.2 Å². The molecule has 0 radical (unpaired) electrons. The molecule has 594 valence electrons. The Balaban J connectivity index is 5.23. The van der Waals surface area contributed by atoms with Crippen LogP contribution in [0, 0.1) is 17.8 Å². The van der Waals surface area contributed by atoms with Crippen molar-refractivity contribution < 1.29 is 80.2 Å². The molecule has 3 N–H and O–H groups in total. The maximum atomic E-state index is 13.1. The lowest BCUT2D eigenvalue weighted by atomic mass is 9.99. The van der Waals surface area contributed by atoms with Gasteiger partial charge in [0.25, 0.3) is 0 Å². The molecule has 3 unspecified atom stereocenters. The van der Waals surface area contributed by atoms with Crippen molar-refractivity contribution in [1.82, 2.24) is 0 Å². The lowest BCUT2D eigenvalue weighted by molar-refractivity contribution is -0.161. The summed E-state index contributed by atoms with van der Waals surface area (Å²) in [6.45, 7) is 11.9. The lowest BCUT2D eigenvalue weighted by Crippen LogP contribution is -2.30. The highest BCUT2D eigenvalue weighted by molar-refractivity contribution is 7.47. The maximum absolute atomic E-state index is 13.1. The first-order valence-electron chi connectivity index (χ1n) is 41.9. The van der Waals surface area contributed by atoms with Gasteiger partial charge >= 0.3 is 39.5 Å². The number of hydrogen-bond donors (Lipinski definition) is 3. The van der Waals surface area contributed by atoms with E-state index in [2.05, 4.69) is 48.5 Å². The second-order valence-corrected chi connectivity index (χ2v) is 33.3. The monoisotopic (exact) mass is 1470 g/mol. The number of unbranched alkanes of at least 4 members (excludes halogenated alkanes) is 46. The third-order valence-electron chi connectivity index (χ3n) is 19.2. The summed E-state index contributed by atoms with van der Waals surface area (Å²) in [5, 5.41) is 10.6. The molecule has 0 bridgehead atoms. The van der Waals surface area contributed by atoms with Crippen LogP contribution >= 0.6 is 15.6 Å². The van der Waals surface area contributed by atoms with Crippen molar-refractivity contribution in [2.75, 3.05) is 39.6 Å². The van der Waals surface area contributed by atoms with Gasteiger partial charge in [-0.3, -0.25) is 37.3 Å². The maximum Gasteiger partial charge on any atom is 0.472 e. The van der Waals surface area contributed by atoms with E-state index in [-0.39, 0.29) is 25.7 Å². The summed E-state index contributed by atoms with van der Waals surface area (Å²) in [4.78, 5) is 73.0. The highest BCUT2D eigenvalue weighted by Crippen LogP contribution is 2.45. The fraction of sp³-hybridized carbons (Fsp3) is 0.951. The van der Waals surface area contributed by atoms with Gasteiger partial charge in [-0.25, -0.2) is 9.13 Å². The normalized spacial score (nSPS) is 14.2. The first kappa shape index (κ1) is 98.1. The minimum Gasteiger partial charge on any atom is -0.462 e. The van der Waals surface area contributed by atoms with E-state index in [0.717, 1.165) is 108 Å². The number of rotatable bonds is 79. The minimum absolute atomic E-state index is 0.106. The van der Waals surface area contributed by atoms with E-state index in [1.807, 2.05) is 0 Å². The number of aliphatic hydroxyl groups is 1. The van der Waals surface area contributed by atoms with Gasteiger partial charge in [0.1, 0.15) is 19.3 Å². The first-order chi connectivity index (χ1) is 48.3. The van der Waals surface area contributed by atoms with E-state index in [1.165, 1.54) is 231 Å². The molecule has 6 atom stereocenters. The molecule has 0 saturated heterocycles. The summed E-state index contributed by atoms with van der Waals surface area (Å²) < 4.78 is 68.7. The number of phosphoric ester groups is 2. The van der Waals surface area contributed by atoms with Crippen LogP contribution in [0.4, 0.5) is 0 Å². The van der Waals surface area contributed by atoms with Gasteiger partial charge in [-0.1, -0.05) is 370 Å². The minimum atomic E-state index is -4.96. The number of phosphoric acid groups is 2. The van der Waals surface area contributed by atoms with Gasteiger partial charge in [-0.15, -0.1) is 0 Å². The van der Waals surface area contributed by atoms with Crippen LogP contribution in [-0.2, 0) is 65.4 Å². The zero-order valence-electron chi connectivity index (χ0n) is 65.7. The van der Waals surface area contributed by atoms with Crippen LogP contribution in [0.3, 0.4) is 0 Å². The molecule has 100 heavy (non-hydrogen) atoms. The van der Waals surface area contributed by atoms with Crippen LogP contribution in [0.2, 0.25) is 0 Å². The molecule has 0 aromatic carbocycles. The van der Waals surface area contributed by atoms with Gasteiger partial charge < -0.3 is 33.8 Å². The van der Waals surface area contributed by atoms with Crippen molar-refractivity contribution in [3.8, 4) is 0 Å². The van der Waals surface area contributed by atoms with E-state index in [0.29, 0.717) is 25.7 Å². The summed E-state index contributed by atoms with van der Waals surface area (Å²) in [6, 6.07) is 0. The predicted octanol–water partition coefficient (Wildman–Crippen LogP) is 24.1. The van der Waals surface area contributed by atoms with Crippen LogP contribution in [0.5, 0.6) is 0 Å². The Labute approximate surface area is 613 Å². The Kier molecular flexibility index (Phi) is 69.9. The fourth-order valence-corrected chi connectivity index (χ4v) is 14.0. The Hall–Kier alpha value is -1.94. The van der Waals surface area contributed by atoms with Crippen molar-refractivity contribution in [3.63, 3.8) is 0 Å². The molecule has 0 spiro atoms. The van der Waals surface area contributed by atoms with Gasteiger partial charge in [0, 0.05) is 25.7 Å². The van der Waals surface area contributed by atoms with E-state index in [4.69, 9.17) is 37.0 Å². The highest BCUT2D eigenvalue weighted by Gasteiger charge is 2.30. The van der Waals surface area contributed by atoms with Gasteiger partial charge in [-0.2, -0.15) is 0 Å². The lowest BCUT2D eigenvalue weighted by Gasteiger charge is -2.21. The van der Waals surface area contributed by atoms with E-state index < -0.39 is 97.5 Å². The molecule has 0 fully saturated rings. The second kappa shape index (κ2) is 71.3. The number of carbonyl (C=O) groups excluding carboxylic acids is 4. The molecular weight excluding hydrogens is 1310 g/mol. The Morgan fingerprint density at radius 2 is 0.510 bits per heavy atom. The van der Waals surface area contributed by atoms with Crippen molar-refractivity contribution in [2.24, 2.45) is 17.8 Å². The molecule has 0 heterocycles. The fourth-order valence-electron chi connectivity index (χ4n) is 12.5. The van der Waals surface area contributed by atoms with Crippen LogP contribution < -0.4 is 0 Å². The van der Waals surface area contributed by atoms with Crippen molar-refractivity contribution in [2.45, 2.75) is 439 Å². The molecule has 19 heteroatoms. The van der Waals surface area contributed by atoms with Gasteiger partial charge in [-0.05, 0) is 43.4 Å². The van der Waals surface area contributed by atoms with Gasteiger partial charge in [0.05, 0.1) is 26.4 Å². The molecule has 0 aromatic heterocycles. The van der Waals surface area contributed by atoms with Crippen molar-refractivity contribution >= 4 is 39.5 Å². The predicted molar refractivity (Wildman–Crippen MR) is 409 cm³/mol. The Morgan fingerprint density at radius 3 is 0.760 bits per heavy atom. The number of hydrogen-bond acceptors (Lipinski definition) is 15. The molecule has 0 aliphatic rings. The number of ether oxygens (including phenoxy) is 4. The van der Waals surface area contributed by atoms with Crippen LogP contribution in [0.1, 0.15) is 421 Å². The molecule has 0 aliphatic heterocycles. The first-order valence-corrected chi connectivity index (χ1v) is 44.9.